The number of aryl methyl sites for hydroxylation is 1. The Hall–Kier alpha value is -4.09. The van der Waals surface area contributed by atoms with Gasteiger partial charge in [0.1, 0.15) is 35.1 Å². The number of thiazole rings is 1. The van der Waals surface area contributed by atoms with Crippen LogP contribution in [0, 0.1) is 6.92 Å². The molecule has 1 atom stereocenters. The van der Waals surface area contributed by atoms with Gasteiger partial charge in [-0.1, -0.05) is 12.1 Å². The number of para-hydroxylation sites is 2. The van der Waals surface area contributed by atoms with Crippen LogP contribution in [0.4, 0.5) is 5.82 Å². The van der Waals surface area contributed by atoms with Crippen LogP contribution in [0.25, 0.3) is 10.9 Å². The number of hydrogen-bond acceptors (Lipinski definition) is 10. The van der Waals surface area contributed by atoms with Crippen molar-refractivity contribution in [1.29, 1.82) is 0 Å². The second-order valence-corrected chi connectivity index (χ2v) is 10.9. The van der Waals surface area contributed by atoms with E-state index in [1.54, 1.807) is 24.5 Å². The maximum absolute atomic E-state index is 13.9. The van der Waals surface area contributed by atoms with E-state index in [9.17, 15) is 4.79 Å². The van der Waals surface area contributed by atoms with E-state index in [2.05, 4.69) is 16.0 Å². The molecule has 0 spiro atoms. The molecule has 0 N–H and O–H groups in total. The monoisotopic (exact) mass is 576 g/mol. The zero-order valence-electron chi connectivity index (χ0n) is 23.3. The SMILES string of the molecule is COc1ccc(OC)c2nc(N3CCOCC3)c(CN(CC3COc4ccccc4O3)C(=O)c3csc(C)n3)cc12. The summed E-state index contributed by atoms with van der Waals surface area (Å²) >= 11 is 1.45. The minimum absolute atomic E-state index is 0.178. The van der Waals surface area contributed by atoms with Crippen LogP contribution in [0.1, 0.15) is 21.1 Å². The van der Waals surface area contributed by atoms with E-state index < -0.39 is 0 Å². The highest BCUT2D eigenvalue weighted by Gasteiger charge is 2.29. The molecule has 4 aromatic rings. The number of morpholine rings is 1. The minimum atomic E-state index is -0.358. The minimum Gasteiger partial charge on any atom is -0.496 e. The number of aromatic nitrogens is 2. The van der Waals surface area contributed by atoms with Gasteiger partial charge in [0.2, 0.25) is 0 Å². The molecule has 4 heterocycles. The van der Waals surface area contributed by atoms with Crippen LogP contribution in [0.2, 0.25) is 0 Å². The molecular weight excluding hydrogens is 544 g/mol. The molecule has 10 nitrogen and oxygen atoms in total. The summed E-state index contributed by atoms with van der Waals surface area (Å²) in [5.41, 5.74) is 1.99. The Bertz CT molecular complexity index is 1550. The number of anilines is 1. The van der Waals surface area contributed by atoms with Gasteiger partial charge < -0.3 is 33.5 Å². The first kappa shape index (κ1) is 27.1. The largest absolute Gasteiger partial charge is 0.496 e. The zero-order chi connectivity index (χ0) is 28.3. The number of amides is 1. The van der Waals surface area contributed by atoms with E-state index in [4.69, 9.17) is 28.7 Å². The summed E-state index contributed by atoms with van der Waals surface area (Å²) in [4.78, 5) is 27.5. The van der Waals surface area contributed by atoms with E-state index in [0.717, 1.165) is 21.8 Å². The molecule has 2 aromatic heterocycles. The van der Waals surface area contributed by atoms with Crippen molar-refractivity contribution in [2.75, 3.05) is 58.6 Å². The highest BCUT2D eigenvalue weighted by Crippen LogP contribution is 2.37. The van der Waals surface area contributed by atoms with Crippen LogP contribution in [0.5, 0.6) is 23.0 Å². The number of benzene rings is 2. The summed E-state index contributed by atoms with van der Waals surface area (Å²) < 4.78 is 29.2. The first-order valence-corrected chi connectivity index (χ1v) is 14.4. The number of carbonyl (C=O) groups is 1. The van der Waals surface area contributed by atoms with E-state index in [1.807, 2.05) is 43.3 Å². The van der Waals surface area contributed by atoms with Crippen LogP contribution in [-0.4, -0.2) is 80.6 Å². The molecule has 0 bridgehead atoms. The first-order chi connectivity index (χ1) is 20.0. The highest BCUT2D eigenvalue weighted by atomic mass is 32.1. The molecule has 1 saturated heterocycles. The van der Waals surface area contributed by atoms with Gasteiger partial charge in [-0.15, -0.1) is 11.3 Å². The van der Waals surface area contributed by atoms with Gasteiger partial charge >= 0.3 is 0 Å². The maximum atomic E-state index is 13.9. The summed E-state index contributed by atoms with van der Waals surface area (Å²) in [5, 5.41) is 3.44. The quantitative estimate of drug-likeness (QED) is 0.304. The van der Waals surface area contributed by atoms with E-state index in [-0.39, 0.29) is 18.6 Å². The molecule has 11 heteroatoms. The number of rotatable bonds is 8. The summed E-state index contributed by atoms with van der Waals surface area (Å²) in [6.45, 7) is 5.38. The molecule has 214 valence electrons. The van der Waals surface area contributed by atoms with Crippen LogP contribution >= 0.6 is 11.3 Å². The average molecular weight is 577 g/mol. The van der Waals surface area contributed by atoms with Gasteiger partial charge in [-0.3, -0.25) is 4.79 Å². The van der Waals surface area contributed by atoms with E-state index in [0.29, 0.717) is 73.7 Å². The van der Waals surface area contributed by atoms with Gasteiger partial charge in [-0.05, 0) is 37.3 Å². The normalized spacial score (nSPS) is 16.5. The predicted molar refractivity (Wildman–Crippen MR) is 156 cm³/mol. The van der Waals surface area contributed by atoms with Crippen LogP contribution in [0.15, 0.2) is 47.8 Å². The Morgan fingerprint density at radius 1 is 1.07 bits per heavy atom. The highest BCUT2D eigenvalue weighted by molar-refractivity contribution is 7.09. The molecule has 0 saturated carbocycles. The predicted octanol–water partition coefficient (Wildman–Crippen LogP) is 4.34. The van der Waals surface area contributed by atoms with Gasteiger partial charge in [0.15, 0.2) is 17.6 Å². The van der Waals surface area contributed by atoms with Gasteiger partial charge in [0.25, 0.3) is 5.91 Å². The standard InChI is InChI=1S/C30H32N4O6S/c1-19-31-23(18-41-19)30(35)34(16-21-17-39-25-6-4-5-7-26(25)40-21)15-20-14-22-24(36-2)8-9-27(37-3)28(22)32-29(20)33-10-12-38-13-11-33/h4-9,14,18,21H,10-13,15-17H2,1-3H3. The van der Waals surface area contributed by atoms with Crippen molar-refractivity contribution in [3.8, 4) is 23.0 Å². The third-order valence-corrected chi connectivity index (χ3v) is 7.97. The fourth-order valence-corrected chi connectivity index (χ4v) is 5.78. The van der Waals surface area contributed by atoms with E-state index in [1.165, 1.54) is 11.3 Å². The number of nitrogens with zero attached hydrogens (tertiary/aromatic N) is 4. The summed E-state index contributed by atoms with van der Waals surface area (Å²) in [6, 6.07) is 13.3. The molecule has 2 aliphatic rings. The van der Waals surface area contributed by atoms with Crippen molar-refractivity contribution in [2.45, 2.75) is 19.6 Å². The molecule has 1 amide bonds. The Labute approximate surface area is 242 Å². The second kappa shape index (κ2) is 11.8. The van der Waals surface area contributed by atoms with Crippen molar-refractivity contribution in [2.24, 2.45) is 0 Å². The summed E-state index contributed by atoms with van der Waals surface area (Å²) in [5.74, 6) is 3.30. The van der Waals surface area contributed by atoms with Crippen molar-refractivity contribution in [3.63, 3.8) is 0 Å². The Kier molecular flexibility index (Phi) is 7.80. The molecule has 6 rings (SSSR count). The van der Waals surface area contributed by atoms with Gasteiger partial charge in [-0.2, -0.15) is 0 Å². The average Bonchev–Trinajstić information content (AvgIpc) is 3.46. The number of hydrogen-bond donors (Lipinski definition) is 0. The lowest BCUT2D eigenvalue weighted by atomic mass is 10.1. The van der Waals surface area contributed by atoms with Crippen molar-refractivity contribution in [3.05, 3.63) is 64.1 Å². The Balaban J connectivity index is 1.41. The number of methoxy groups -OCH3 is 2. The van der Waals surface area contributed by atoms with Gasteiger partial charge in [0.05, 0.1) is 39.0 Å². The molecule has 41 heavy (non-hydrogen) atoms. The lowest BCUT2D eigenvalue weighted by Gasteiger charge is -2.33. The number of pyridine rings is 1. The van der Waals surface area contributed by atoms with Crippen LogP contribution in [0.3, 0.4) is 0 Å². The van der Waals surface area contributed by atoms with Crippen molar-refractivity contribution >= 4 is 34.0 Å². The second-order valence-electron chi connectivity index (χ2n) is 9.87. The maximum Gasteiger partial charge on any atom is 0.273 e. The smallest absolute Gasteiger partial charge is 0.273 e. The molecular formula is C30H32N4O6S. The van der Waals surface area contributed by atoms with Gasteiger partial charge in [-0.25, -0.2) is 9.97 Å². The third kappa shape index (κ3) is 5.59. The van der Waals surface area contributed by atoms with Gasteiger partial charge in [0, 0.05) is 36.0 Å². The fraction of sp³-hybridized carbons (Fsp3) is 0.367. The number of fused-ring (bicyclic) bond motifs is 2. The zero-order valence-corrected chi connectivity index (χ0v) is 24.1. The molecule has 0 aliphatic carbocycles. The van der Waals surface area contributed by atoms with E-state index >= 15 is 0 Å². The summed E-state index contributed by atoms with van der Waals surface area (Å²) in [7, 11) is 3.27. The fourth-order valence-electron chi connectivity index (χ4n) is 5.20. The molecule has 0 radical (unpaired) electrons. The Morgan fingerprint density at radius 2 is 1.83 bits per heavy atom. The van der Waals surface area contributed by atoms with Crippen LogP contribution < -0.4 is 23.8 Å². The number of ether oxygens (including phenoxy) is 5. The Morgan fingerprint density at radius 3 is 2.56 bits per heavy atom. The third-order valence-electron chi connectivity index (χ3n) is 7.19. The molecule has 2 aliphatic heterocycles. The number of carbonyl (C=O) groups excluding carboxylic acids is 1. The molecule has 2 aromatic carbocycles. The van der Waals surface area contributed by atoms with Crippen molar-refractivity contribution < 1.29 is 28.5 Å². The topological polar surface area (TPSA) is 95.5 Å². The van der Waals surface area contributed by atoms with Crippen molar-refractivity contribution in [1.82, 2.24) is 14.9 Å². The summed E-state index contributed by atoms with van der Waals surface area (Å²) in [6.07, 6.45) is -0.358. The lowest BCUT2D eigenvalue weighted by Crippen LogP contribution is -2.44. The first-order valence-electron chi connectivity index (χ1n) is 13.5. The molecule has 1 unspecified atom stereocenters. The van der Waals surface area contributed by atoms with Crippen LogP contribution in [-0.2, 0) is 11.3 Å². The lowest BCUT2D eigenvalue weighted by molar-refractivity contribution is 0.0441. The molecule has 1 fully saturated rings.